The van der Waals surface area contributed by atoms with Gasteiger partial charge in [-0.15, -0.1) is 0 Å². The zero-order valence-corrected chi connectivity index (χ0v) is 16.8. The van der Waals surface area contributed by atoms with Gasteiger partial charge in [0.2, 0.25) is 0 Å². The molecule has 27 heavy (non-hydrogen) atoms. The molecule has 1 saturated carbocycles. The van der Waals surface area contributed by atoms with Crippen LogP contribution in [-0.4, -0.2) is 12.6 Å². The minimum atomic E-state index is -0.680. The maximum atomic E-state index is 7.03. The predicted molar refractivity (Wildman–Crippen MR) is 114 cm³/mol. The van der Waals surface area contributed by atoms with Crippen molar-refractivity contribution in [2.24, 2.45) is 5.73 Å². The standard InChI is InChI=1S/C25H33NO/c1-24(26,20-12-15-21-13-6-3-7-14-21)25(27-2,22-16-8-4-9-17-22)23-18-10-5-11-19-23/h4-5,8-11,15-19H,3,6-7,12-14,20,26H2,1-2H3. The van der Waals surface area contributed by atoms with Crippen molar-refractivity contribution in [2.75, 3.05) is 7.11 Å². The van der Waals surface area contributed by atoms with Crippen molar-refractivity contribution in [1.29, 1.82) is 0 Å². The van der Waals surface area contributed by atoms with Crippen LogP contribution in [0.4, 0.5) is 0 Å². The van der Waals surface area contributed by atoms with Gasteiger partial charge in [-0.3, -0.25) is 0 Å². The number of hydrogen-bond acceptors (Lipinski definition) is 2. The summed E-state index contributed by atoms with van der Waals surface area (Å²) in [6, 6.07) is 20.8. The highest BCUT2D eigenvalue weighted by atomic mass is 16.5. The van der Waals surface area contributed by atoms with Crippen LogP contribution in [0.1, 0.15) is 63.0 Å². The van der Waals surface area contributed by atoms with Gasteiger partial charge in [0.05, 0.1) is 5.54 Å². The van der Waals surface area contributed by atoms with E-state index < -0.39 is 11.1 Å². The third-order valence-electron chi connectivity index (χ3n) is 6.06. The summed E-state index contributed by atoms with van der Waals surface area (Å²) in [6.07, 6.45) is 10.9. The van der Waals surface area contributed by atoms with Crippen LogP contribution in [0, 0.1) is 0 Å². The largest absolute Gasteiger partial charge is 0.367 e. The zero-order valence-electron chi connectivity index (χ0n) is 16.8. The van der Waals surface area contributed by atoms with Gasteiger partial charge in [-0.25, -0.2) is 0 Å². The lowest BCUT2D eigenvalue weighted by molar-refractivity contribution is -0.0413. The van der Waals surface area contributed by atoms with Gasteiger partial charge in [-0.05, 0) is 56.6 Å². The maximum absolute atomic E-state index is 7.03. The Morgan fingerprint density at radius 3 is 1.89 bits per heavy atom. The first kappa shape index (κ1) is 19.9. The van der Waals surface area contributed by atoms with Crippen LogP contribution in [0.15, 0.2) is 72.3 Å². The van der Waals surface area contributed by atoms with Crippen molar-refractivity contribution in [3.63, 3.8) is 0 Å². The summed E-state index contributed by atoms with van der Waals surface area (Å²) in [7, 11) is 1.78. The van der Waals surface area contributed by atoms with Gasteiger partial charge in [-0.1, -0.05) is 78.7 Å². The molecule has 2 heteroatoms. The average Bonchev–Trinajstić information content (AvgIpc) is 2.71. The average molecular weight is 364 g/mol. The number of rotatable bonds is 7. The Morgan fingerprint density at radius 2 is 1.41 bits per heavy atom. The predicted octanol–water partition coefficient (Wildman–Crippen LogP) is 5.96. The summed E-state index contributed by atoms with van der Waals surface area (Å²) in [4.78, 5) is 0. The van der Waals surface area contributed by atoms with Crippen molar-refractivity contribution in [1.82, 2.24) is 0 Å². The van der Waals surface area contributed by atoms with Crippen molar-refractivity contribution >= 4 is 0 Å². The van der Waals surface area contributed by atoms with E-state index in [0.29, 0.717) is 0 Å². The first-order valence-corrected chi connectivity index (χ1v) is 10.2. The second-order valence-electron chi connectivity index (χ2n) is 8.00. The number of methoxy groups -OCH3 is 1. The van der Waals surface area contributed by atoms with Crippen LogP contribution in [0.2, 0.25) is 0 Å². The highest BCUT2D eigenvalue weighted by molar-refractivity contribution is 5.41. The molecule has 0 heterocycles. The topological polar surface area (TPSA) is 35.2 Å². The molecule has 3 rings (SSSR count). The number of nitrogens with two attached hydrogens (primary N) is 1. The smallest absolute Gasteiger partial charge is 0.135 e. The quantitative estimate of drug-likeness (QED) is 0.616. The molecule has 0 radical (unpaired) electrons. The fourth-order valence-corrected chi connectivity index (χ4v) is 4.60. The molecule has 2 aromatic carbocycles. The normalized spacial score (nSPS) is 17.4. The fourth-order valence-electron chi connectivity index (χ4n) is 4.60. The molecule has 0 bridgehead atoms. The number of allylic oxidation sites excluding steroid dienone is 2. The Labute approximate surface area is 164 Å². The van der Waals surface area contributed by atoms with Gasteiger partial charge in [0.1, 0.15) is 5.60 Å². The monoisotopic (exact) mass is 363 g/mol. The van der Waals surface area contributed by atoms with Crippen LogP contribution >= 0.6 is 0 Å². The minimum Gasteiger partial charge on any atom is -0.367 e. The highest BCUT2D eigenvalue weighted by Gasteiger charge is 2.48. The first-order chi connectivity index (χ1) is 13.1. The van der Waals surface area contributed by atoms with E-state index in [1.165, 1.54) is 32.1 Å². The molecule has 1 fully saturated rings. The van der Waals surface area contributed by atoms with Crippen molar-refractivity contribution < 1.29 is 4.74 Å². The lowest BCUT2D eigenvalue weighted by atomic mass is 9.69. The first-order valence-electron chi connectivity index (χ1n) is 10.2. The van der Waals surface area contributed by atoms with Crippen LogP contribution in [0.25, 0.3) is 0 Å². The third-order valence-corrected chi connectivity index (χ3v) is 6.06. The molecule has 2 aromatic rings. The van der Waals surface area contributed by atoms with Gasteiger partial charge >= 0.3 is 0 Å². The molecule has 0 amide bonds. The Balaban J connectivity index is 1.93. The van der Waals surface area contributed by atoms with E-state index in [-0.39, 0.29) is 0 Å². The number of hydrogen-bond donors (Lipinski definition) is 1. The van der Waals surface area contributed by atoms with E-state index in [0.717, 1.165) is 24.0 Å². The lowest BCUT2D eigenvalue weighted by Crippen LogP contribution is -2.58. The van der Waals surface area contributed by atoms with E-state index in [4.69, 9.17) is 10.5 Å². The van der Waals surface area contributed by atoms with E-state index in [1.807, 2.05) is 12.1 Å². The second-order valence-corrected chi connectivity index (χ2v) is 8.00. The van der Waals surface area contributed by atoms with Crippen molar-refractivity contribution in [3.05, 3.63) is 83.4 Å². The SMILES string of the molecule is COC(c1ccccc1)(c1ccccc1)C(C)(N)CCC=C1CCCCC1. The van der Waals surface area contributed by atoms with Gasteiger partial charge in [0.25, 0.3) is 0 Å². The Kier molecular flexibility index (Phi) is 6.51. The summed E-state index contributed by atoms with van der Waals surface area (Å²) in [6.45, 7) is 2.13. The van der Waals surface area contributed by atoms with Crippen LogP contribution in [-0.2, 0) is 10.3 Å². The van der Waals surface area contributed by atoms with Crippen LogP contribution in [0.3, 0.4) is 0 Å². The van der Waals surface area contributed by atoms with E-state index in [1.54, 1.807) is 12.7 Å². The molecule has 2 N–H and O–H groups in total. The maximum Gasteiger partial charge on any atom is 0.135 e. The van der Waals surface area contributed by atoms with E-state index in [2.05, 4.69) is 61.5 Å². The molecular weight excluding hydrogens is 330 g/mol. The van der Waals surface area contributed by atoms with Gasteiger partial charge in [0.15, 0.2) is 0 Å². The Bertz CT molecular complexity index is 686. The van der Waals surface area contributed by atoms with Crippen molar-refractivity contribution in [3.8, 4) is 0 Å². The molecule has 0 aromatic heterocycles. The number of benzene rings is 2. The molecule has 1 aliphatic rings. The molecule has 1 aliphatic carbocycles. The molecule has 1 atom stereocenters. The third kappa shape index (κ3) is 4.17. The summed E-state index contributed by atoms with van der Waals surface area (Å²) >= 11 is 0. The molecular formula is C25H33NO. The summed E-state index contributed by atoms with van der Waals surface area (Å²) in [5.74, 6) is 0. The summed E-state index contributed by atoms with van der Waals surface area (Å²) < 4.78 is 6.27. The molecule has 0 saturated heterocycles. The molecule has 0 aliphatic heterocycles. The van der Waals surface area contributed by atoms with Gasteiger partial charge in [-0.2, -0.15) is 0 Å². The van der Waals surface area contributed by atoms with E-state index >= 15 is 0 Å². The Morgan fingerprint density at radius 1 is 0.889 bits per heavy atom. The zero-order chi connectivity index (χ0) is 19.2. The molecule has 2 nitrogen and oxygen atoms in total. The molecule has 1 unspecified atom stereocenters. The van der Waals surface area contributed by atoms with Crippen LogP contribution < -0.4 is 5.73 Å². The van der Waals surface area contributed by atoms with Gasteiger partial charge in [0, 0.05) is 7.11 Å². The summed E-state index contributed by atoms with van der Waals surface area (Å²) in [5.41, 5.74) is 9.63. The highest BCUT2D eigenvalue weighted by Crippen LogP contribution is 2.43. The van der Waals surface area contributed by atoms with Gasteiger partial charge < -0.3 is 10.5 Å². The Hall–Kier alpha value is -1.90. The number of ether oxygens (including phenoxy) is 1. The van der Waals surface area contributed by atoms with Crippen LogP contribution in [0.5, 0.6) is 0 Å². The lowest BCUT2D eigenvalue weighted by Gasteiger charge is -2.46. The fraction of sp³-hybridized carbons (Fsp3) is 0.440. The molecule has 0 spiro atoms. The minimum absolute atomic E-state index is 0.545. The van der Waals surface area contributed by atoms with E-state index in [9.17, 15) is 0 Å². The van der Waals surface area contributed by atoms with Crippen molar-refractivity contribution in [2.45, 2.75) is 63.0 Å². The summed E-state index contributed by atoms with van der Waals surface area (Å²) in [5, 5.41) is 0. The second kappa shape index (κ2) is 8.86. The molecule has 144 valence electrons.